The van der Waals surface area contributed by atoms with Gasteiger partial charge in [-0.3, -0.25) is 9.69 Å². The lowest BCUT2D eigenvalue weighted by atomic mass is 10.2. The largest absolute Gasteiger partial charge is 0.467 e. The number of aliphatic hydroxyl groups excluding tert-OH is 1. The standard InChI is InChI=1S/C12H18F2N2O3/c1-9(16(4-5-17)8-11(13)14)12(18)15-7-10-3-2-6-19-10/h2-3,6,9,11,17H,4-5,7-8H2,1H3,(H,15,18). The Bertz CT molecular complexity index is 371. The van der Waals surface area contributed by atoms with Gasteiger partial charge < -0.3 is 14.8 Å². The summed E-state index contributed by atoms with van der Waals surface area (Å²) in [7, 11) is 0. The molecule has 0 aliphatic carbocycles. The number of nitrogens with one attached hydrogen (secondary N) is 1. The lowest BCUT2D eigenvalue weighted by Crippen LogP contribution is -2.47. The fourth-order valence-corrected chi connectivity index (χ4v) is 1.65. The fraction of sp³-hybridized carbons (Fsp3) is 0.583. The van der Waals surface area contributed by atoms with E-state index in [1.807, 2.05) is 0 Å². The molecule has 0 fully saturated rings. The van der Waals surface area contributed by atoms with E-state index >= 15 is 0 Å². The first-order valence-electron chi connectivity index (χ1n) is 5.97. The highest BCUT2D eigenvalue weighted by molar-refractivity contribution is 5.81. The lowest BCUT2D eigenvalue weighted by Gasteiger charge is -2.26. The van der Waals surface area contributed by atoms with Crippen LogP contribution in [0.15, 0.2) is 22.8 Å². The second kappa shape index (κ2) is 7.85. The van der Waals surface area contributed by atoms with Gasteiger partial charge in [0.25, 0.3) is 6.43 Å². The number of nitrogens with zero attached hydrogens (tertiary/aromatic N) is 1. The maximum Gasteiger partial charge on any atom is 0.251 e. The van der Waals surface area contributed by atoms with Crippen molar-refractivity contribution in [2.24, 2.45) is 0 Å². The number of hydrogen-bond acceptors (Lipinski definition) is 4. The van der Waals surface area contributed by atoms with E-state index < -0.39 is 19.0 Å². The van der Waals surface area contributed by atoms with Crippen molar-refractivity contribution in [3.8, 4) is 0 Å². The van der Waals surface area contributed by atoms with Gasteiger partial charge >= 0.3 is 0 Å². The van der Waals surface area contributed by atoms with Gasteiger partial charge in [0.15, 0.2) is 0 Å². The van der Waals surface area contributed by atoms with Crippen LogP contribution in [0.25, 0.3) is 0 Å². The van der Waals surface area contributed by atoms with Gasteiger partial charge in [0, 0.05) is 6.54 Å². The summed E-state index contributed by atoms with van der Waals surface area (Å²) in [5.74, 6) is 0.202. The molecule has 1 aromatic rings. The first-order valence-corrected chi connectivity index (χ1v) is 5.97. The molecule has 19 heavy (non-hydrogen) atoms. The van der Waals surface area contributed by atoms with Crippen molar-refractivity contribution in [1.82, 2.24) is 10.2 Å². The van der Waals surface area contributed by atoms with E-state index in [4.69, 9.17) is 9.52 Å². The zero-order valence-corrected chi connectivity index (χ0v) is 10.7. The van der Waals surface area contributed by atoms with Crippen LogP contribution in [0.4, 0.5) is 8.78 Å². The Morgan fingerprint density at radius 1 is 1.58 bits per heavy atom. The van der Waals surface area contributed by atoms with E-state index in [0.29, 0.717) is 5.76 Å². The molecule has 0 spiro atoms. The summed E-state index contributed by atoms with van der Waals surface area (Å²) in [4.78, 5) is 13.1. The van der Waals surface area contributed by atoms with Gasteiger partial charge in [0.05, 0.1) is 32.0 Å². The second-order valence-electron chi connectivity index (χ2n) is 4.08. The van der Waals surface area contributed by atoms with Crippen LogP contribution in [0.3, 0.4) is 0 Å². The van der Waals surface area contributed by atoms with E-state index in [1.165, 1.54) is 18.1 Å². The Kier molecular flexibility index (Phi) is 6.44. The number of carbonyl (C=O) groups is 1. The minimum absolute atomic E-state index is 0.0275. The van der Waals surface area contributed by atoms with Crippen LogP contribution in [0.1, 0.15) is 12.7 Å². The molecule has 0 saturated heterocycles. The molecule has 1 rings (SSSR count). The third-order valence-corrected chi connectivity index (χ3v) is 2.70. The van der Waals surface area contributed by atoms with Gasteiger partial charge in [0.1, 0.15) is 5.76 Å². The Balaban J connectivity index is 2.47. The zero-order valence-electron chi connectivity index (χ0n) is 10.7. The molecule has 5 nitrogen and oxygen atoms in total. The molecule has 1 aromatic heterocycles. The van der Waals surface area contributed by atoms with Crippen molar-refractivity contribution in [2.45, 2.75) is 25.9 Å². The summed E-state index contributed by atoms with van der Waals surface area (Å²) in [5, 5.41) is 11.4. The molecule has 7 heteroatoms. The van der Waals surface area contributed by atoms with Crippen molar-refractivity contribution in [1.29, 1.82) is 0 Å². The highest BCUT2D eigenvalue weighted by atomic mass is 19.3. The smallest absolute Gasteiger partial charge is 0.251 e. The Hall–Kier alpha value is -1.47. The van der Waals surface area contributed by atoms with E-state index in [1.54, 1.807) is 12.1 Å². The molecule has 0 bridgehead atoms. The molecule has 1 atom stereocenters. The lowest BCUT2D eigenvalue weighted by molar-refractivity contribution is -0.127. The Morgan fingerprint density at radius 3 is 2.84 bits per heavy atom. The molecule has 0 aliphatic heterocycles. The first-order chi connectivity index (χ1) is 9.04. The summed E-state index contributed by atoms with van der Waals surface area (Å²) in [6, 6.07) is 2.66. The van der Waals surface area contributed by atoms with E-state index in [-0.39, 0.29) is 25.6 Å². The summed E-state index contributed by atoms with van der Waals surface area (Å²) in [5.41, 5.74) is 0. The van der Waals surface area contributed by atoms with Gasteiger partial charge in [-0.25, -0.2) is 8.78 Å². The summed E-state index contributed by atoms with van der Waals surface area (Å²) in [6.45, 7) is 0.936. The van der Waals surface area contributed by atoms with Crippen LogP contribution in [-0.4, -0.2) is 48.1 Å². The molecule has 0 saturated carbocycles. The van der Waals surface area contributed by atoms with E-state index in [2.05, 4.69) is 5.32 Å². The summed E-state index contributed by atoms with van der Waals surface area (Å²) in [6.07, 6.45) is -1.06. The number of amides is 1. The molecule has 0 aromatic carbocycles. The predicted octanol–water partition coefficient (Wildman–Crippen LogP) is 0.844. The number of hydrogen-bond donors (Lipinski definition) is 2. The SMILES string of the molecule is CC(C(=O)NCc1ccco1)N(CCO)CC(F)F. The average Bonchev–Trinajstić information content (AvgIpc) is 2.87. The molecule has 108 valence electrons. The van der Waals surface area contributed by atoms with E-state index in [9.17, 15) is 13.6 Å². The van der Waals surface area contributed by atoms with Crippen LogP contribution in [0, 0.1) is 0 Å². The summed E-state index contributed by atoms with van der Waals surface area (Å²) >= 11 is 0. The highest BCUT2D eigenvalue weighted by Crippen LogP contribution is 2.05. The number of furan rings is 1. The van der Waals surface area contributed by atoms with E-state index in [0.717, 1.165) is 0 Å². The van der Waals surface area contributed by atoms with Crippen molar-refractivity contribution in [3.63, 3.8) is 0 Å². The van der Waals surface area contributed by atoms with Crippen molar-refractivity contribution in [2.75, 3.05) is 19.7 Å². The van der Waals surface area contributed by atoms with Crippen LogP contribution in [0.2, 0.25) is 0 Å². The number of rotatable bonds is 8. The Morgan fingerprint density at radius 2 is 2.32 bits per heavy atom. The summed E-state index contributed by atoms with van der Waals surface area (Å²) < 4.78 is 29.8. The second-order valence-corrected chi connectivity index (χ2v) is 4.08. The molecule has 0 radical (unpaired) electrons. The van der Waals surface area contributed by atoms with Crippen molar-refractivity contribution >= 4 is 5.91 Å². The quantitative estimate of drug-likeness (QED) is 0.738. The molecular weight excluding hydrogens is 258 g/mol. The molecule has 1 unspecified atom stereocenters. The normalized spacial score (nSPS) is 12.9. The molecule has 1 amide bonds. The van der Waals surface area contributed by atoms with Crippen LogP contribution >= 0.6 is 0 Å². The first kappa shape index (κ1) is 15.6. The van der Waals surface area contributed by atoms with Gasteiger partial charge in [-0.2, -0.15) is 0 Å². The minimum Gasteiger partial charge on any atom is -0.467 e. The van der Waals surface area contributed by atoms with Crippen molar-refractivity contribution < 1.29 is 23.1 Å². The fourth-order valence-electron chi connectivity index (χ4n) is 1.65. The number of halogens is 2. The maximum absolute atomic E-state index is 12.4. The molecular formula is C12H18F2N2O3. The maximum atomic E-state index is 12.4. The van der Waals surface area contributed by atoms with Gasteiger partial charge in [-0.05, 0) is 19.1 Å². The van der Waals surface area contributed by atoms with Gasteiger partial charge in [0.2, 0.25) is 5.91 Å². The monoisotopic (exact) mass is 276 g/mol. The third-order valence-electron chi connectivity index (χ3n) is 2.70. The number of aliphatic hydroxyl groups is 1. The van der Waals surface area contributed by atoms with Crippen LogP contribution in [-0.2, 0) is 11.3 Å². The van der Waals surface area contributed by atoms with Gasteiger partial charge in [-0.15, -0.1) is 0 Å². The predicted molar refractivity (Wildman–Crippen MR) is 64.7 cm³/mol. The van der Waals surface area contributed by atoms with Crippen molar-refractivity contribution in [3.05, 3.63) is 24.2 Å². The molecule has 1 heterocycles. The van der Waals surface area contributed by atoms with Gasteiger partial charge in [-0.1, -0.05) is 0 Å². The zero-order chi connectivity index (χ0) is 14.3. The topological polar surface area (TPSA) is 65.7 Å². The highest BCUT2D eigenvalue weighted by Gasteiger charge is 2.23. The molecule has 2 N–H and O–H groups in total. The Labute approximate surface area is 110 Å². The third kappa shape index (κ3) is 5.35. The minimum atomic E-state index is -2.55. The number of alkyl halides is 2. The van der Waals surface area contributed by atoms with Crippen LogP contribution < -0.4 is 5.32 Å². The molecule has 0 aliphatic rings. The average molecular weight is 276 g/mol. The number of carbonyl (C=O) groups excluding carboxylic acids is 1. The van der Waals surface area contributed by atoms with Crippen LogP contribution in [0.5, 0.6) is 0 Å².